The van der Waals surface area contributed by atoms with E-state index in [0.29, 0.717) is 17.2 Å². The zero-order valence-electron chi connectivity index (χ0n) is 12.8. The quantitative estimate of drug-likeness (QED) is 0.825. The highest BCUT2D eigenvalue weighted by molar-refractivity contribution is 5.40. The van der Waals surface area contributed by atoms with Gasteiger partial charge in [-0.05, 0) is 55.2 Å². The second kappa shape index (κ2) is 6.72. The van der Waals surface area contributed by atoms with E-state index in [1.54, 1.807) is 6.07 Å². The minimum absolute atomic E-state index is 0.282. The van der Waals surface area contributed by atoms with Gasteiger partial charge in [0.15, 0.2) is 0 Å². The fourth-order valence-corrected chi connectivity index (χ4v) is 2.20. The Morgan fingerprint density at radius 3 is 2.33 bits per heavy atom. The van der Waals surface area contributed by atoms with Crippen molar-refractivity contribution in [2.45, 2.75) is 39.2 Å². The van der Waals surface area contributed by atoms with E-state index >= 15 is 0 Å². The highest BCUT2D eigenvalue weighted by Gasteiger charge is 2.11. The maximum absolute atomic E-state index is 13.3. The van der Waals surface area contributed by atoms with Gasteiger partial charge in [-0.2, -0.15) is 0 Å². The summed E-state index contributed by atoms with van der Waals surface area (Å²) in [6, 6.07) is 12.2. The molecular weight excluding hydrogens is 265 g/mol. The largest absolute Gasteiger partial charge is 0.457 e. The molecule has 0 aliphatic carbocycles. The third kappa shape index (κ3) is 3.82. The van der Waals surface area contributed by atoms with Gasteiger partial charge < -0.3 is 10.5 Å². The molecule has 0 saturated heterocycles. The molecule has 0 radical (unpaired) electrons. The highest BCUT2D eigenvalue weighted by atomic mass is 19.1. The number of nitrogens with two attached hydrogens (primary N) is 1. The van der Waals surface area contributed by atoms with Crippen LogP contribution >= 0.6 is 0 Å². The second-order valence-electron chi connectivity index (χ2n) is 5.45. The molecule has 2 unspecified atom stereocenters. The molecule has 2 aromatic carbocycles. The Bertz CT molecular complexity index is 593. The van der Waals surface area contributed by atoms with E-state index in [2.05, 4.69) is 26.0 Å². The number of hydrogen-bond acceptors (Lipinski definition) is 2. The summed E-state index contributed by atoms with van der Waals surface area (Å²) in [5.41, 5.74) is 7.83. The van der Waals surface area contributed by atoms with Gasteiger partial charge in [0, 0.05) is 11.6 Å². The third-order valence-electron chi connectivity index (χ3n) is 3.75. The summed E-state index contributed by atoms with van der Waals surface area (Å²) in [4.78, 5) is 0. The van der Waals surface area contributed by atoms with Crippen molar-refractivity contribution in [3.05, 3.63) is 59.4 Å². The number of hydrogen-bond donors (Lipinski definition) is 1. The number of ether oxygens (including phenoxy) is 1. The molecule has 2 rings (SSSR count). The lowest BCUT2D eigenvalue weighted by Gasteiger charge is -2.15. The summed E-state index contributed by atoms with van der Waals surface area (Å²) >= 11 is 0. The third-order valence-corrected chi connectivity index (χ3v) is 3.75. The molecule has 112 valence electrons. The molecule has 21 heavy (non-hydrogen) atoms. The molecule has 2 N–H and O–H groups in total. The second-order valence-corrected chi connectivity index (χ2v) is 5.45. The molecule has 2 atom stereocenters. The Hall–Kier alpha value is -1.87. The monoisotopic (exact) mass is 287 g/mol. The van der Waals surface area contributed by atoms with Gasteiger partial charge in [0.05, 0.1) is 0 Å². The van der Waals surface area contributed by atoms with Crippen molar-refractivity contribution in [1.82, 2.24) is 0 Å². The molecule has 0 heterocycles. The number of rotatable bonds is 5. The molecule has 0 aliphatic heterocycles. The van der Waals surface area contributed by atoms with Crippen LogP contribution in [0.25, 0.3) is 0 Å². The average molecular weight is 287 g/mol. The standard InChI is InChI=1S/C18H22FNO/c1-4-12(2)14-5-8-16(9-6-14)21-18-10-7-15(19)11-17(18)13(3)20/h5-13H,4,20H2,1-3H3. The smallest absolute Gasteiger partial charge is 0.132 e. The van der Waals surface area contributed by atoms with Crippen molar-refractivity contribution in [2.24, 2.45) is 5.73 Å². The Morgan fingerprint density at radius 2 is 1.76 bits per heavy atom. The van der Waals surface area contributed by atoms with E-state index in [9.17, 15) is 4.39 Å². The Balaban J connectivity index is 2.22. The van der Waals surface area contributed by atoms with Crippen LogP contribution in [0.1, 0.15) is 50.3 Å². The van der Waals surface area contributed by atoms with Gasteiger partial charge in [-0.15, -0.1) is 0 Å². The molecular formula is C18H22FNO. The van der Waals surface area contributed by atoms with Gasteiger partial charge in [-0.25, -0.2) is 4.39 Å². The Morgan fingerprint density at radius 1 is 1.10 bits per heavy atom. The van der Waals surface area contributed by atoms with Crippen molar-refractivity contribution in [2.75, 3.05) is 0 Å². The lowest BCUT2D eigenvalue weighted by Crippen LogP contribution is -2.07. The summed E-state index contributed by atoms with van der Waals surface area (Å²) in [7, 11) is 0. The van der Waals surface area contributed by atoms with E-state index < -0.39 is 0 Å². The number of benzene rings is 2. The van der Waals surface area contributed by atoms with E-state index in [0.717, 1.165) is 12.2 Å². The summed E-state index contributed by atoms with van der Waals surface area (Å²) < 4.78 is 19.2. The topological polar surface area (TPSA) is 35.2 Å². The van der Waals surface area contributed by atoms with Crippen LogP contribution in [0.2, 0.25) is 0 Å². The highest BCUT2D eigenvalue weighted by Crippen LogP contribution is 2.30. The molecule has 3 heteroatoms. The van der Waals surface area contributed by atoms with Gasteiger partial charge in [0.25, 0.3) is 0 Å². The summed E-state index contributed by atoms with van der Waals surface area (Å²) in [5.74, 6) is 1.56. The molecule has 2 aromatic rings. The van der Waals surface area contributed by atoms with Crippen molar-refractivity contribution in [1.29, 1.82) is 0 Å². The van der Waals surface area contributed by atoms with E-state index in [1.807, 2.05) is 19.1 Å². The zero-order valence-corrected chi connectivity index (χ0v) is 12.8. The lowest BCUT2D eigenvalue weighted by molar-refractivity contribution is 0.469. The molecule has 0 saturated carbocycles. The maximum atomic E-state index is 13.3. The zero-order chi connectivity index (χ0) is 15.4. The van der Waals surface area contributed by atoms with Crippen LogP contribution in [0.3, 0.4) is 0 Å². The minimum atomic E-state index is -0.304. The minimum Gasteiger partial charge on any atom is -0.457 e. The molecule has 0 aromatic heterocycles. The normalized spacial score (nSPS) is 13.8. The van der Waals surface area contributed by atoms with Gasteiger partial charge >= 0.3 is 0 Å². The van der Waals surface area contributed by atoms with Crippen LogP contribution < -0.4 is 10.5 Å². The molecule has 2 nitrogen and oxygen atoms in total. The van der Waals surface area contributed by atoms with Crippen molar-refractivity contribution in [3.63, 3.8) is 0 Å². The fourth-order valence-electron chi connectivity index (χ4n) is 2.20. The van der Waals surface area contributed by atoms with Crippen molar-refractivity contribution >= 4 is 0 Å². The maximum Gasteiger partial charge on any atom is 0.132 e. The number of halogens is 1. The lowest BCUT2D eigenvalue weighted by atomic mass is 9.99. The van der Waals surface area contributed by atoms with Crippen LogP contribution in [-0.2, 0) is 0 Å². The van der Waals surface area contributed by atoms with Gasteiger partial charge in [-0.1, -0.05) is 26.0 Å². The first kappa shape index (κ1) is 15.5. The van der Waals surface area contributed by atoms with Gasteiger partial charge in [0.1, 0.15) is 17.3 Å². The van der Waals surface area contributed by atoms with Crippen molar-refractivity contribution in [3.8, 4) is 11.5 Å². The molecule has 0 bridgehead atoms. The summed E-state index contributed by atoms with van der Waals surface area (Å²) in [5, 5.41) is 0. The van der Waals surface area contributed by atoms with Crippen LogP contribution in [0.5, 0.6) is 11.5 Å². The van der Waals surface area contributed by atoms with Crippen molar-refractivity contribution < 1.29 is 9.13 Å². The molecule has 0 aliphatic rings. The Kier molecular flexibility index (Phi) is 4.97. The van der Waals surface area contributed by atoms with Crippen LogP contribution in [0.15, 0.2) is 42.5 Å². The molecule has 0 amide bonds. The van der Waals surface area contributed by atoms with Crippen LogP contribution in [-0.4, -0.2) is 0 Å². The SMILES string of the molecule is CCC(C)c1ccc(Oc2ccc(F)cc2C(C)N)cc1. The van der Waals surface area contributed by atoms with E-state index in [-0.39, 0.29) is 11.9 Å². The predicted molar refractivity (Wildman–Crippen MR) is 84.2 cm³/mol. The Labute approximate surface area is 125 Å². The molecule has 0 fully saturated rings. The molecule has 0 spiro atoms. The average Bonchev–Trinajstić information content (AvgIpc) is 2.49. The first-order valence-electron chi connectivity index (χ1n) is 7.34. The van der Waals surface area contributed by atoms with Gasteiger partial charge in [-0.3, -0.25) is 0 Å². The van der Waals surface area contributed by atoms with Gasteiger partial charge in [0.2, 0.25) is 0 Å². The first-order valence-corrected chi connectivity index (χ1v) is 7.34. The van der Waals surface area contributed by atoms with E-state index in [1.165, 1.54) is 17.7 Å². The predicted octanol–water partition coefficient (Wildman–Crippen LogP) is 5.15. The summed E-state index contributed by atoms with van der Waals surface area (Å²) in [6.45, 7) is 6.18. The fraction of sp³-hybridized carbons (Fsp3) is 0.333. The van der Waals surface area contributed by atoms with Crippen LogP contribution in [0, 0.1) is 5.82 Å². The van der Waals surface area contributed by atoms with E-state index in [4.69, 9.17) is 10.5 Å². The first-order chi connectivity index (χ1) is 10.0. The van der Waals surface area contributed by atoms with Crippen LogP contribution in [0.4, 0.5) is 4.39 Å². The summed E-state index contributed by atoms with van der Waals surface area (Å²) in [6.07, 6.45) is 1.10.